The standard InChI is InChI=1S/C19H15Cl2NO2/c20-14-10-17(21)19(23)18(11-14)22-12-13-5-4-8-16(9-13)24-15-6-2-1-3-7-15/h1-11,22-23H,12H2. The lowest BCUT2D eigenvalue weighted by atomic mass is 10.2. The lowest BCUT2D eigenvalue weighted by Crippen LogP contribution is -2.00. The van der Waals surface area contributed by atoms with E-state index in [0.29, 0.717) is 17.3 Å². The second-order valence-corrected chi connectivity index (χ2v) is 6.04. The van der Waals surface area contributed by atoms with Crippen LogP contribution in [0.4, 0.5) is 5.69 Å². The van der Waals surface area contributed by atoms with E-state index in [1.165, 1.54) is 6.07 Å². The molecule has 0 fully saturated rings. The Morgan fingerprint density at radius 2 is 1.62 bits per heavy atom. The molecular formula is C19H15Cl2NO2. The van der Waals surface area contributed by atoms with E-state index in [9.17, 15) is 5.11 Å². The number of halogens is 2. The number of hydrogen-bond acceptors (Lipinski definition) is 3. The van der Waals surface area contributed by atoms with E-state index >= 15 is 0 Å². The SMILES string of the molecule is Oc1c(Cl)cc(Cl)cc1NCc1cccc(Oc2ccccc2)c1. The van der Waals surface area contributed by atoms with Crippen molar-refractivity contribution in [3.8, 4) is 17.2 Å². The van der Waals surface area contributed by atoms with E-state index < -0.39 is 0 Å². The van der Waals surface area contributed by atoms with Gasteiger partial charge in [0.2, 0.25) is 0 Å². The molecule has 0 bridgehead atoms. The fourth-order valence-corrected chi connectivity index (χ4v) is 2.73. The monoisotopic (exact) mass is 359 g/mol. The minimum absolute atomic E-state index is 0.0160. The molecule has 0 aliphatic rings. The predicted octanol–water partition coefficient (Wildman–Crippen LogP) is 6.10. The van der Waals surface area contributed by atoms with E-state index in [-0.39, 0.29) is 10.8 Å². The topological polar surface area (TPSA) is 41.5 Å². The van der Waals surface area contributed by atoms with Crippen molar-refractivity contribution in [2.24, 2.45) is 0 Å². The highest BCUT2D eigenvalue weighted by atomic mass is 35.5. The van der Waals surface area contributed by atoms with Gasteiger partial charge in [-0.05, 0) is 42.0 Å². The molecular weight excluding hydrogens is 345 g/mol. The number of benzene rings is 3. The quantitative estimate of drug-likeness (QED) is 0.540. The molecule has 3 rings (SSSR count). The fraction of sp³-hybridized carbons (Fsp3) is 0.0526. The van der Waals surface area contributed by atoms with Crippen LogP contribution < -0.4 is 10.1 Å². The maximum absolute atomic E-state index is 9.97. The Bertz CT molecular complexity index is 838. The molecule has 0 heterocycles. The Kier molecular flexibility index (Phi) is 5.14. The average Bonchev–Trinajstić information content (AvgIpc) is 2.58. The Balaban J connectivity index is 1.71. The molecule has 5 heteroatoms. The molecule has 0 aromatic heterocycles. The molecule has 0 amide bonds. The molecule has 3 aromatic rings. The number of phenols is 1. The minimum Gasteiger partial charge on any atom is -0.504 e. The Hall–Kier alpha value is -2.36. The van der Waals surface area contributed by atoms with Crippen LogP contribution in [0.2, 0.25) is 10.0 Å². The minimum atomic E-state index is -0.0160. The zero-order chi connectivity index (χ0) is 16.9. The van der Waals surface area contributed by atoms with Gasteiger partial charge in [-0.1, -0.05) is 53.5 Å². The number of hydrogen-bond donors (Lipinski definition) is 2. The predicted molar refractivity (Wildman–Crippen MR) is 98.4 cm³/mol. The number of nitrogens with one attached hydrogen (secondary N) is 1. The first-order chi connectivity index (χ1) is 11.6. The van der Waals surface area contributed by atoms with Gasteiger partial charge in [-0.15, -0.1) is 0 Å². The van der Waals surface area contributed by atoms with Gasteiger partial charge in [0.05, 0.1) is 10.7 Å². The third-order valence-electron chi connectivity index (χ3n) is 3.39. The van der Waals surface area contributed by atoms with E-state index in [1.807, 2.05) is 54.6 Å². The van der Waals surface area contributed by atoms with Gasteiger partial charge >= 0.3 is 0 Å². The Labute approximate surface area is 150 Å². The summed E-state index contributed by atoms with van der Waals surface area (Å²) >= 11 is 11.9. The smallest absolute Gasteiger partial charge is 0.157 e. The van der Waals surface area contributed by atoms with Crippen molar-refractivity contribution in [1.29, 1.82) is 0 Å². The molecule has 0 atom stereocenters. The van der Waals surface area contributed by atoms with Gasteiger partial charge in [0, 0.05) is 11.6 Å². The van der Waals surface area contributed by atoms with Gasteiger partial charge in [0.25, 0.3) is 0 Å². The number of phenolic OH excluding ortho intramolecular Hbond substituents is 1. The molecule has 24 heavy (non-hydrogen) atoms. The molecule has 0 radical (unpaired) electrons. The van der Waals surface area contributed by atoms with Crippen molar-refractivity contribution in [2.75, 3.05) is 5.32 Å². The summed E-state index contributed by atoms with van der Waals surface area (Å²) in [5.74, 6) is 1.51. The molecule has 0 aliphatic heterocycles. The van der Waals surface area contributed by atoms with Crippen molar-refractivity contribution in [3.05, 3.63) is 82.3 Å². The van der Waals surface area contributed by atoms with Crippen molar-refractivity contribution in [1.82, 2.24) is 0 Å². The van der Waals surface area contributed by atoms with Crippen molar-refractivity contribution < 1.29 is 9.84 Å². The van der Waals surface area contributed by atoms with Crippen LogP contribution in [0.5, 0.6) is 17.2 Å². The second kappa shape index (κ2) is 7.47. The van der Waals surface area contributed by atoms with Gasteiger partial charge in [-0.3, -0.25) is 0 Å². The number of para-hydroxylation sites is 1. The number of aromatic hydroxyl groups is 1. The molecule has 0 unspecified atom stereocenters. The summed E-state index contributed by atoms with van der Waals surface area (Å²) in [6, 6.07) is 20.4. The Morgan fingerprint density at radius 3 is 2.42 bits per heavy atom. The van der Waals surface area contributed by atoms with Crippen molar-refractivity contribution in [2.45, 2.75) is 6.54 Å². The maximum Gasteiger partial charge on any atom is 0.157 e. The first-order valence-electron chi connectivity index (χ1n) is 7.35. The first kappa shape index (κ1) is 16.5. The van der Waals surface area contributed by atoms with Gasteiger partial charge < -0.3 is 15.2 Å². The molecule has 122 valence electrons. The summed E-state index contributed by atoms with van der Waals surface area (Å²) in [5, 5.41) is 13.8. The fourth-order valence-electron chi connectivity index (χ4n) is 2.24. The maximum atomic E-state index is 9.97. The second-order valence-electron chi connectivity index (χ2n) is 5.20. The third kappa shape index (κ3) is 4.13. The van der Waals surface area contributed by atoms with Gasteiger partial charge in [-0.25, -0.2) is 0 Å². The van der Waals surface area contributed by atoms with Crippen LogP contribution in [-0.4, -0.2) is 5.11 Å². The highest BCUT2D eigenvalue weighted by Gasteiger charge is 2.08. The molecule has 2 N–H and O–H groups in total. The van der Waals surface area contributed by atoms with Crippen molar-refractivity contribution >= 4 is 28.9 Å². The molecule has 0 spiro atoms. The molecule has 0 aliphatic carbocycles. The first-order valence-corrected chi connectivity index (χ1v) is 8.11. The van der Waals surface area contributed by atoms with E-state index in [0.717, 1.165) is 17.1 Å². The normalized spacial score (nSPS) is 10.4. The number of rotatable bonds is 5. The number of ether oxygens (including phenoxy) is 1. The highest BCUT2D eigenvalue weighted by molar-refractivity contribution is 6.36. The van der Waals surface area contributed by atoms with Crippen LogP contribution in [0.15, 0.2) is 66.7 Å². The molecule has 3 aromatic carbocycles. The zero-order valence-electron chi connectivity index (χ0n) is 12.7. The Morgan fingerprint density at radius 1 is 0.875 bits per heavy atom. The van der Waals surface area contributed by atoms with Crippen LogP contribution in [-0.2, 0) is 6.54 Å². The van der Waals surface area contributed by atoms with Crippen LogP contribution >= 0.6 is 23.2 Å². The van der Waals surface area contributed by atoms with Crippen LogP contribution in [0, 0.1) is 0 Å². The van der Waals surface area contributed by atoms with Crippen LogP contribution in [0.3, 0.4) is 0 Å². The molecule has 3 nitrogen and oxygen atoms in total. The summed E-state index contributed by atoms with van der Waals surface area (Å²) in [6.45, 7) is 0.496. The largest absolute Gasteiger partial charge is 0.504 e. The van der Waals surface area contributed by atoms with Crippen molar-refractivity contribution in [3.63, 3.8) is 0 Å². The molecule has 0 saturated carbocycles. The lowest BCUT2D eigenvalue weighted by molar-refractivity contribution is 0.477. The molecule has 0 saturated heterocycles. The van der Waals surface area contributed by atoms with Crippen LogP contribution in [0.25, 0.3) is 0 Å². The summed E-state index contributed by atoms with van der Waals surface area (Å²) in [5.41, 5.74) is 1.49. The van der Waals surface area contributed by atoms with E-state index in [2.05, 4.69) is 5.32 Å². The summed E-state index contributed by atoms with van der Waals surface area (Å²) in [7, 11) is 0. The van der Waals surface area contributed by atoms with Gasteiger partial charge in [0.15, 0.2) is 5.75 Å². The average molecular weight is 360 g/mol. The van der Waals surface area contributed by atoms with E-state index in [1.54, 1.807) is 6.07 Å². The zero-order valence-corrected chi connectivity index (χ0v) is 14.2. The van der Waals surface area contributed by atoms with E-state index in [4.69, 9.17) is 27.9 Å². The highest BCUT2D eigenvalue weighted by Crippen LogP contribution is 2.35. The lowest BCUT2D eigenvalue weighted by Gasteiger charge is -2.11. The number of anilines is 1. The van der Waals surface area contributed by atoms with Gasteiger partial charge in [0.1, 0.15) is 11.5 Å². The summed E-state index contributed by atoms with van der Waals surface area (Å²) in [4.78, 5) is 0. The third-order valence-corrected chi connectivity index (χ3v) is 3.89. The van der Waals surface area contributed by atoms with Gasteiger partial charge in [-0.2, -0.15) is 0 Å². The van der Waals surface area contributed by atoms with Crippen LogP contribution in [0.1, 0.15) is 5.56 Å². The summed E-state index contributed by atoms with van der Waals surface area (Å²) in [6.07, 6.45) is 0. The summed E-state index contributed by atoms with van der Waals surface area (Å²) < 4.78 is 5.81.